The van der Waals surface area contributed by atoms with Crippen LogP contribution in [0.1, 0.15) is 29.6 Å². The summed E-state index contributed by atoms with van der Waals surface area (Å²) in [5, 5.41) is 0. The maximum atomic E-state index is 13.1. The molecular formula is C23H32Cl2FN5O. The Labute approximate surface area is 202 Å². The van der Waals surface area contributed by atoms with Gasteiger partial charge >= 0.3 is 0 Å². The van der Waals surface area contributed by atoms with Crippen molar-refractivity contribution < 1.29 is 9.18 Å². The molecule has 2 aliphatic heterocycles. The van der Waals surface area contributed by atoms with Crippen LogP contribution in [0.2, 0.25) is 0 Å². The number of anilines is 1. The quantitative estimate of drug-likeness (QED) is 0.561. The lowest BCUT2D eigenvalue weighted by molar-refractivity contribution is 0.0836. The zero-order valence-corrected chi connectivity index (χ0v) is 19.9. The average Bonchev–Trinajstić information content (AvgIpc) is 2.81. The first kappa shape index (κ1) is 26.5. The predicted octanol–water partition coefficient (Wildman–Crippen LogP) is 3.57. The number of nitrogens with zero attached hydrogens (tertiary/aromatic N) is 5. The molecule has 2 saturated heterocycles. The SMILES string of the molecule is Cl.Cl.O=C(c1ccc(F)cc1)C1CCN(CCCN2CCN(c3ncccn3)CC2)CC1. The molecule has 4 rings (SSSR count). The van der Waals surface area contributed by atoms with E-state index in [0.717, 1.165) is 77.6 Å². The number of benzene rings is 1. The van der Waals surface area contributed by atoms with Gasteiger partial charge in [0.2, 0.25) is 5.95 Å². The summed E-state index contributed by atoms with van der Waals surface area (Å²) < 4.78 is 13.1. The van der Waals surface area contributed by atoms with Gasteiger partial charge in [0.1, 0.15) is 5.82 Å². The zero-order chi connectivity index (χ0) is 20.8. The van der Waals surface area contributed by atoms with Crippen molar-refractivity contribution in [2.45, 2.75) is 19.3 Å². The highest BCUT2D eigenvalue weighted by Crippen LogP contribution is 2.22. The van der Waals surface area contributed by atoms with E-state index < -0.39 is 0 Å². The summed E-state index contributed by atoms with van der Waals surface area (Å²) in [5.74, 6) is 0.765. The molecule has 3 heterocycles. The molecule has 9 heteroatoms. The normalized spacial score (nSPS) is 18.0. The number of hydrogen-bond donors (Lipinski definition) is 0. The fourth-order valence-electron chi connectivity index (χ4n) is 4.41. The van der Waals surface area contributed by atoms with Crippen LogP contribution < -0.4 is 4.90 Å². The highest BCUT2D eigenvalue weighted by atomic mass is 35.5. The van der Waals surface area contributed by atoms with E-state index in [1.54, 1.807) is 24.5 Å². The van der Waals surface area contributed by atoms with Gasteiger partial charge in [0, 0.05) is 50.1 Å². The molecule has 176 valence electrons. The number of carbonyl (C=O) groups is 1. The lowest BCUT2D eigenvalue weighted by Gasteiger charge is -2.35. The number of piperidine rings is 1. The van der Waals surface area contributed by atoms with Crippen LogP contribution in [0.25, 0.3) is 0 Å². The van der Waals surface area contributed by atoms with Crippen molar-refractivity contribution in [2.75, 3.05) is 57.3 Å². The molecule has 2 aliphatic rings. The van der Waals surface area contributed by atoms with Crippen LogP contribution in [0.15, 0.2) is 42.7 Å². The number of ketones is 1. The summed E-state index contributed by atoms with van der Waals surface area (Å²) in [7, 11) is 0. The third-order valence-electron chi connectivity index (χ3n) is 6.24. The Morgan fingerprint density at radius 3 is 2.03 bits per heavy atom. The molecular weight excluding hydrogens is 452 g/mol. The van der Waals surface area contributed by atoms with Crippen molar-refractivity contribution in [3.63, 3.8) is 0 Å². The minimum absolute atomic E-state index is 0. The minimum Gasteiger partial charge on any atom is -0.338 e. The summed E-state index contributed by atoms with van der Waals surface area (Å²) >= 11 is 0. The van der Waals surface area contributed by atoms with Crippen LogP contribution in [-0.2, 0) is 0 Å². The van der Waals surface area contributed by atoms with Crippen LogP contribution in [0.4, 0.5) is 10.3 Å². The first-order valence-corrected chi connectivity index (χ1v) is 11.0. The minimum atomic E-state index is -0.295. The number of carbonyl (C=O) groups excluding carboxylic acids is 1. The number of Topliss-reactive ketones (excluding diaryl/α,β-unsaturated/α-hetero) is 1. The molecule has 0 radical (unpaired) electrons. The van der Waals surface area contributed by atoms with E-state index in [2.05, 4.69) is 24.7 Å². The summed E-state index contributed by atoms with van der Waals surface area (Å²) in [6, 6.07) is 7.80. The van der Waals surface area contributed by atoms with Crippen LogP contribution in [0.3, 0.4) is 0 Å². The van der Waals surface area contributed by atoms with Gasteiger partial charge in [0.15, 0.2) is 5.78 Å². The molecule has 1 aromatic carbocycles. The first-order valence-electron chi connectivity index (χ1n) is 11.0. The van der Waals surface area contributed by atoms with E-state index in [9.17, 15) is 9.18 Å². The van der Waals surface area contributed by atoms with Gasteiger partial charge in [-0.15, -0.1) is 24.8 Å². The summed E-state index contributed by atoms with van der Waals surface area (Å²) in [4.78, 5) is 28.5. The summed E-state index contributed by atoms with van der Waals surface area (Å²) in [6.45, 7) is 8.17. The highest BCUT2D eigenvalue weighted by molar-refractivity contribution is 5.97. The van der Waals surface area contributed by atoms with Crippen LogP contribution in [-0.4, -0.2) is 77.9 Å². The van der Waals surface area contributed by atoms with Crippen molar-refractivity contribution in [3.05, 3.63) is 54.1 Å². The lowest BCUT2D eigenvalue weighted by atomic mass is 9.89. The van der Waals surface area contributed by atoms with Crippen molar-refractivity contribution in [1.82, 2.24) is 19.8 Å². The van der Waals surface area contributed by atoms with Gasteiger partial charge < -0.3 is 9.80 Å². The standard InChI is InChI=1S/C23H30FN5O.2ClH/c24-21-5-3-19(4-6-21)22(30)20-7-13-27(14-8-20)11-2-12-28-15-17-29(18-16-28)23-25-9-1-10-26-23;;/h1,3-6,9-10,20H,2,7-8,11-18H2;2*1H. The van der Waals surface area contributed by atoms with Gasteiger partial charge in [-0.1, -0.05) is 0 Å². The fourth-order valence-corrected chi connectivity index (χ4v) is 4.41. The van der Waals surface area contributed by atoms with E-state index in [0.29, 0.717) is 5.56 Å². The van der Waals surface area contributed by atoms with Gasteiger partial charge in [-0.2, -0.15) is 0 Å². The topological polar surface area (TPSA) is 52.6 Å². The monoisotopic (exact) mass is 483 g/mol. The molecule has 0 N–H and O–H groups in total. The van der Waals surface area contributed by atoms with Crippen molar-refractivity contribution in [3.8, 4) is 0 Å². The zero-order valence-electron chi connectivity index (χ0n) is 18.2. The summed E-state index contributed by atoms with van der Waals surface area (Å²) in [6.07, 6.45) is 6.53. The molecule has 1 aromatic heterocycles. The molecule has 0 unspecified atom stereocenters. The molecule has 0 bridgehead atoms. The van der Waals surface area contributed by atoms with Gasteiger partial charge in [0.05, 0.1) is 0 Å². The summed E-state index contributed by atoms with van der Waals surface area (Å²) in [5.41, 5.74) is 0.634. The Hall–Kier alpha value is -1.80. The Balaban J connectivity index is 0.00000181. The third-order valence-corrected chi connectivity index (χ3v) is 6.24. The second-order valence-electron chi connectivity index (χ2n) is 8.22. The van der Waals surface area contributed by atoms with Crippen LogP contribution in [0.5, 0.6) is 0 Å². The Kier molecular flexibility index (Phi) is 10.8. The van der Waals surface area contributed by atoms with Crippen LogP contribution >= 0.6 is 24.8 Å². The van der Waals surface area contributed by atoms with E-state index in [1.807, 2.05) is 6.07 Å². The number of rotatable bonds is 7. The predicted molar refractivity (Wildman–Crippen MR) is 130 cm³/mol. The van der Waals surface area contributed by atoms with Crippen LogP contribution in [0, 0.1) is 11.7 Å². The first-order chi connectivity index (χ1) is 14.7. The van der Waals surface area contributed by atoms with E-state index >= 15 is 0 Å². The van der Waals surface area contributed by atoms with E-state index in [-0.39, 0.29) is 42.3 Å². The van der Waals surface area contributed by atoms with Gasteiger partial charge in [-0.25, -0.2) is 14.4 Å². The number of hydrogen-bond acceptors (Lipinski definition) is 6. The number of halogens is 3. The maximum Gasteiger partial charge on any atom is 0.225 e. The molecule has 6 nitrogen and oxygen atoms in total. The van der Waals surface area contributed by atoms with Gasteiger partial charge in [0.25, 0.3) is 0 Å². The molecule has 0 saturated carbocycles. The number of likely N-dealkylation sites (tertiary alicyclic amines) is 1. The Morgan fingerprint density at radius 2 is 1.44 bits per heavy atom. The smallest absolute Gasteiger partial charge is 0.225 e. The maximum absolute atomic E-state index is 13.1. The molecule has 0 aliphatic carbocycles. The highest BCUT2D eigenvalue weighted by Gasteiger charge is 2.26. The Morgan fingerprint density at radius 1 is 0.875 bits per heavy atom. The molecule has 32 heavy (non-hydrogen) atoms. The second-order valence-corrected chi connectivity index (χ2v) is 8.22. The number of aromatic nitrogens is 2. The van der Waals surface area contributed by atoms with Gasteiger partial charge in [-0.05, 0) is 75.8 Å². The molecule has 0 amide bonds. The molecule has 2 fully saturated rings. The van der Waals surface area contributed by atoms with E-state index in [1.165, 1.54) is 12.1 Å². The molecule has 0 atom stereocenters. The largest absolute Gasteiger partial charge is 0.338 e. The Bertz CT molecular complexity index is 811. The molecule has 2 aromatic rings. The third kappa shape index (κ3) is 7.10. The fraction of sp³-hybridized carbons (Fsp3) is 0.522. The average molecular weight is 484 g/mol. The van der Waals surface area contributed by atoms with Crippen molar-refractivity contribution >= 4 is 36.5 Å². The van der Waals surface area contributed by atoms with Crippen molar-refractivity contribution in [1.29, 1.82) is 0 Å². The second kappa shape index (κ2) is 13.0. The lowest BCUT2D eigenvalue weighted by Crippen LogP contribution is -2.47. The molecule has 0 spiro atoms. The van der Waals surface area contributed by atoms with Gasteiger partial charge in [-0.3, -0.25) is 9.69 Å². The van der Waals surface area contributed by atoms with E-state index in [4.69, 9.17) is 0 Å². The van der Waals surface area contributed by atoms with Crippen molar-refractivity contribution in [2.24, 2.45) is 5.92 Å². The number of piperazine rings is 1.